The predicted octanol–water partition coefficient (Wildman–Crippen LogP) is 6.51. The number of imidazole rings is 1. The van der Waals surface area contributed by atoms with Gasteiger partial charge in [0.05, 0.1) is 0 Å². The summed E-state index contributed by atoms with van der Waals surface area (Å²) in [5, 5.41) is 5.13. The SMILES string of the molecule is CCCCCCc1cnc(-c2cccc3c2ccc2ccccc23)[nH]1. The van der Waals surface area contributed by atoms with E-state index in [1.165, 1.54) is 58.5 Å². The first-order valence-corrected chi connectivity index (χ1v) is 9.31. The van der Waals surface area contributed by atoms with E-state index < -0.39 is 0 Å². The van der Waals surface area contributed by atoms with Crippen molar-refractivity contribution in [1.82, 2.24) is 9.97 Å². The Morgan fingerprint density at radius 3 is 2.60 bits per heavy atom. The quantitative estimate of drug-likeness (QED) is 0.317. The zero-order chi connectivity index (χ0) is 17.1. The van der Waals surface area contributed by atoms with Gasteiger partial charge in [-0.25, -0.2) is 4.98 Å². The normalized spacial score (nSPS) is 11.4. The van der Waals surface area contributed by atoms with Crippen molar-refractivity contribution in [3.05, 3.63) is 66.5 Å². The van der Waals surface area contributed by atoms with E-state index >= 15 is 0 Å². The monoisotopic (exact) mass is 328 g/mol. The number of H-pyrrole nitrogens is 1. The van der Waals surface area contributed by atoms with Gasteiger partial charge in [-0.15, -0.1) is 0 Å². The number of nitrogens with one attached hydrogen (secondary N) is 1. The van der Waals surface area contributed by atoms with E-state index in [-0.39, 0.29) is 0 Å². The Morgan fingerprint density at radius 2 is 1.68 bits per heavy atom. The highest BCUT2D eigenvalue weighted by Gasteiger charge is 2.09. The van der Waals surface area contributed by atoms with Crippen LogP contribution in [0.25, 0.3) is 32.9 Å². The Morgan fingerprint density at radius 1 is 0.800 bits per heavy atom. The van der Waals surface area contributed by atoms with E-state index in [0.29, 0.717) is 0 Å². The van der Waals surface area contributed by atoms with Crippen LogP contribution in [0.4, 0.5) is 0 Å². The van der Waals surface area contributed by atoms with Gasteiger partial charge in [0.15, 0.2) is 0 Å². The van der Waals surface area contributed by atoms with Gasteiger partial charge in [0.2, 0.25) is 0 Å². The molecule has 0 unspecified atom stereocenters. The number of hydrogen-bond acceptors (Lipinski definition) is 1. The second-order valence-electron chi connectivity index (χ2n) is 6.76. The van der Waals surface area contributed by atoms with Crippen molar-refractivity contribution < 1.29 is 0 Å². The average molecular weight is 328 g/mol. The van der Waals surface area contributed by atoms with Crippen molar-refractivity contribution in [2.45, 2.75) is 39.0 Å². The molecule has 2 nitrogen and oxygen atoms in total. The number of nitrogens with zero attached hydrogens (tertiary/aromatic N) is 1. The molecule has 0 bridgehead atoms. The van der Waals surface area contributed by atoms with Crippen LogP contribution < -0.4 is 0 Å². The molecule has 126 valence electrons. The summed E-state index contributed by atoms with van der Waals surface area (Å²) >= 11 is 0. The van der Waals surface area contributed by atoms with Crippen LogP contribution >= 0.6 is 0 Å². The summed E-state index contributed by atoms with van der Waals surface area (Å²) in [6.45, 7) is 2.25. The summed E-state index contributed by atoms with van der Waals surface area (Å²) < 4.78 is 0. The van der Waals surface area contributed by atoms with Gasteiger partial charge in [0.1, 0.15) is 5.82 Å². The fourth-order valence-electron chi connectivity index (χ4n) is 3.61. The fraction of sp³-hybridized carbons (Fsp3) is 0.261. The van der Waals surface area contributed by atoms with Crippen LogP contribution in [0, 0.1) is 0 Å². The molecule has 4 rings (SSSR count). The van der Waals surface area contributed by atoms with E-state index in [4.69, 9.17) is 0 Å². The summed E-state index contributed by atoms with van der Waals surface area (Å²) in [4.78, 5) is 8.20. The summed E-state index contributed by atoms with van der Waals surface area (Å²) in [6, 6.07) is 19.5. The third-order valence-electron chi connectivity index (χ3n) is 4.97. The predicted molar refractivity (Wildman–Crippen MR) is 107 cm³/mol. The summed E-state index contributed by atoms with van der Waals surface area (Å²) in [7, 11) is 0. The van der Waals surface area contributed by atoms with E-state index in [0.717, 1.165) is 12.2 Å². The van der Waals surface area contributed by atoms with Crippen molar-refractivity contribution >= 4 is 21.5 Å². The molecule has 3 aromatic carbocycles. The number of aromatic amines is 1. The van der Waals surface area contributed by atoms with Crippen molar-refractivity contribution in [3.63, 3.8) is 0 Å². The molecule has 0 radical (unpaired) electrons. The molecule has 0 aliphatic heterocycles. The van der Waals surface area contributed by atoms with Crippen molar-refractivity contribution in [2.75, 3.05) is 0 Å². The first-order valence-electron chi connectivity index (χ1n) is 9.31. The van der Waals surface area contributed by atoms with Crippen LogP contribution in [-0.4, -0.2) is 9.97 Å². The highest BCUT2D eigenvalue weighted by Crippen LogP contribution is 2.31. The van der Waals surface area contributed by atoms with Gasteiger partial charge in [-0.05, 0) is 34.4 Å². The largest absolute Gasteiger partial charge is 0.342 e. The zero-order valence-electron chi connectivity index (χ0n) is 14.8. The van der Waals surface area contributed by atoms with Crippen molar-refractivity contribution in [1.29, 1.82) is 0 Å². The molecule has 0 fully saturated rings. The molecule has 0 aliphatic carbocycles. The lowest BCUT2D eigenvalue weighted by atomic mass is 9.98. The van der Waals surface area contributed by atoms with E-state index in [2.05, 4.69) is 71.5 Å². The number of benzene rings is 3. The molecule has 0 aliphatic rings. The fourth-order valence-corrected chi connectivity index (χ4v) is 3.61. The molecule has 0 spiro atoms. The Balaban J connectivity index is 1.70. The second-order valence-corrected chi connectivity index (χ2v) is 6.76. The Kier molecular flexibility index (Phi) is 4.51. The maximum Gasteiger partial charge on any atom is 0.138 e. The van der Waals surface area contributed by atoms with Gasteiger partial charge in [-0.2, -0.15) is 0 Å². The van der Waals surface area contributed by atoms with Gasteiger partial charge in [0.25, 0.3) is 0 Å². The Labute approximate surface area is 148 Å². The molecule has 2 heteroatoms. The maximum atomic E-state index is 4.66. The standard InChI is InChI=1S/C23H24N2/c1-2-3-4-5-10-18-16-24-23(25-18)22-13-8-12-20-19-11-7-6-9-17(19)14-15-21(20)22/h6-9,11-16H,2-5,10H2,1H3,(H,24,25). The highest BCUT2D eigenvalue weighted by molar-refractivity contribution is 6.11. The van der Waals surface area contributed by atoms with E-state index in [9.17, 15) is 0 Å². The summed E-state index contributed by atoms with van der Waals surface area (Å²) in [6.07, 6.45) is 8.21. The van der Waals surface area contributed by atoms with Gasteiger partial charge in [-0.3, -0.25) is 0 Å². The molecule has 4 aromatic rings. The smallest absolute Gasteiger partial charge is 0.138 e. The molecule has 1 heterocycles. The lowest BCUT2D eigenvalue weighted by Gasteiger charge is -2.07. The molecule has 0 saturated heterocycles. The van der Waals surface area contributed by atoms with Gasteiger partial charge in [0, 0.05) is 17.5 Å². The average Bonchev–Trinajstić information content (AvgIpc) is 3.13. The topological polar surface area (TPSA) is 28.7 Å². The number of aryl methyl sites for hydroxylation is 1. The van der Waals surface area contributed by atoms with Crippen molar-refractivity contribution in [2.24, 2.45) is 0 Å². The number of rotatable bonds is 6. The third-order valence-corrected chi connectivity index (χ3v) is 4.97. The molecule has 0 amide bonds. The number of aromatic nitrogens is 2. The molecular formula is C23H24N2. The Bertz CT molecular complexity index is 997. The lowest BCUT2D eigenvalue weighted by Crippen LogP contribution is -1.88. The lowest BCUT2D eigenvalue weighted by molar-refractivity contribution is 0.662. The zero-order valence-corrected chi connectivity index (χ0v) is 14.8. The van der Waals surface area contributed by atoms with Gasteiger partial charge >= 0.3 is 0 Å². The number of unbranched alkanes of at least 4 members (excludes halogenated alkanes) is 3. The molecule has 1 N–H and O–H groups in total. The van der Waals surface area contributed by atoms with Gasteiger partial charge < -0.3 is 4.98 Å². The minimum Gasteiger partial charge on any atom is -0.342 e. The third kappa shape index (κ3) is 3.17. The first kappa shape index (κ1) is 15.9. The number of fused-ring (bicyclic) bond motifs is 3. The molecular weight excluding hydrogens is 304 g/mol. The van der Waals surface area contributed by atoms with Crippen LogP contribution in [0.5, 0.6) is 0 Å². The maximum absolute atomic E-state index is 4.66. The molecule has 0 saturated carbocycles. The van der Waals surface area contributed by atoms with E-state index in [1.807, 2.05) is 6.20 Å². The summed E-state index contributed by atoms with van der Waals surface area (Å²) in [5.41, 5.74) is 2.42. The number of hydrogen-bond donors (Lipinski definition) is 1. The van der Waals surface area contributed by atoms with Crippen LogP contribution in [0.1, 0.15) is 38.3 Å². The van der Waals surface area contributed by atoms with Crippen LogP contribution in [0.15, 0.2) is 60.8 Å². The minimum atomic E-state index is 0.978. The van der Waals surface area contributed by atoms with Crippen molar-refractivity contribution in [3.8, 4) is 11.4 Å². The minimum absolute atomic E-state index is 0.978. The van der Waals surface area contributed by atoms with Crippen LogP contribution in [0.3, 0.4) is 0 Å². The van der Waals surface area contributed by atoms with Crippen LogP contribution in [-0.2, 0) is 6.42 Å². The molecule has 25 heavy (non-hydrogen) atoms. The highest BCUT2D eigenvalue weighted by atomic mass is 14.9. The second kappa shape index (κ2) is 7.10. The molecule has 0 atom stereocenters. The van der Waals surface area contributed by atoms with E-state index in [1.54, 1.807) is 0 Å². The van der Waals surface area contributed by atoms with Gasteiger partial charge in [-0.1, -0.05) is 80.8 Å². The summed E-state index contributed by atoms with van der Waals surface area (Å²) in [5.74, 6) is 0.978. The Hall–Kier alpha value is -2.61. The molecule has 1 aromatic heterocycles. The first-order chi connectivity index (χ1) is 12.4. The van der Waals surface area contributed by atoms with Crippen LogP contribution in [0.2, 0.25) is 0 Å².